The monoisotopic (exact) mass is 566 g/mol. The van der Waals surface area contributed by atoms with E-state index in [2.05, 4.69) is 5.32 Å². The third-order valence-electron chi connectivity index (χ3n) is 6.47. The lowest BCUT2D eigenvalue weighted by atomic mass is 10.1. The summed E-state index contributed by atoms with van der Waals surface area (Å²) in [6, 6.07) is 26.6. The molecule has 4 aromatic rings. The van der Waals surface area contributed by atoms with Crippen molar-refractivity contribution in [2.45, 2.75) is 27.1 Å². The highest BCUT2D eigenvalue weighted by Crippen LogP contribution is 2.29. The van der Waals surface area contributed by atoms with Crippen LogP contribution in [-0.4, -0.2) is 17.8 Å². The topological polar surface area (TPSA) is 84.9 Å². The summed E-state index contributed by atoms with van der Waals surface area (Å²) in [4.78, 5) is 39.4. The summed E-state index contributed by atoms with van der Waals surface area (Å²) in [5, 5.41) is 2.56. The van der Waals surface area contributed by atoms with Crippen LogP contribution in [0.2, 0.25) is 5.02 Å². The number of hydrogen-bond acceptors (Lipinski definition) is 5. The molecular weight excluding hydrogens is 540 g/mol. The molecule has 4 aromatic carbocycles. The second kappa shape index (κ2) is 12.1. The van der Waals surface area contributed by atoms with E-state index in [0.29, 0.717) is 41.0 Å². The Bertz CT molecular complexity index is 1650. The predicted octanol–water partition coefficient (Wildman–Crippen LogP) is 6.78. The molecular formula is C33H27ClN2O5. The van der Waals surface area contributed by atoms with Gasteiger partial charge in [-0.2, -0.15) is 0 Å². The quantitative estimate of drug-likeness (QED) is 0.188. The molecule has 8 heteroatoms. The summed E-state index contributed by atoms with van der Waals surface area (Å²) in [5.41, 5.74) is 4.92. The fourth-order valence-electron chi connectivity index (χ4n) is 4.29. The molecule has 1 fully saturated rings. The van der Waals surface area contributed by atoms with Gasteiger partial charge in [-0.3, -0.25) is 14.9 Å². The van der Waals surface area contributed by atoms with Crippen LogP contribution in [0.1, 0.15) is 27.8 Å². The van der Waals surface area contributed by atoms with E-state index < -0.39 is 17.8 Å². The summed E-state index contributed by atoms with van der Waals surface area (Å²) in [6.07, 6.45) is 1.40. The minimum Gasteiger partial charge on any atom is -0.489 e. The van der Waals surface area contributed by atoms with E-state index in [4.69, 9.17) is 21.1 Å². The third-order valence-corrected chi connectivity index (χ3v) is 6.76. The number of halogens is 1. The number of carbonyl (C=O) groups excluding carboxylic acids is 3. The third kappa shape index (κ3) is 6.65. The van der Waals surface area contributed by atoms with Crippen LogP contribution < -0.4 is 19.7 Å². The maximum absolute atomic E-state index is 13.3. The number of rotatable bonds is 8. The highest BCUT2D eigenvalue weighted by molar-refractivity contribution is 6.39. The fraction of sp³-hybridized carbons (Fsp3) is 0.121. The Hall–Kier alpha value is -4.88. The van der Waals surface area contributed by atoms with Crippen LogP contribution in [-0.2, 0) is 22.8 Å². The molecule has 0 radical (unpaired) electrons. The maximum Gasteiger partial charge on any atom is 0.335 e. The van der Waals surface area contributed by atoms with Crippen molar-refractivity contribution in [3.05, 3.63) is 129 Å². The molecule has 41 heavy (non-hydrogen) atoms. The molecule has 1 aliphatic heterocycles. The van der Waals surface area contributed by atoms with Crippen LogP contribution in [0.5, 0.6) is 11.5 Å². The number of aryl methyl sites for hydroxylation is 2. The minimum atomic E-state index is -0.830. The van der Waals surface area contributed by atoms with Crippen molar-refractivity contribution >= 4 is 41.2 Å². The Morgan fingerprint density at radius 2 is 1.51 bits per heavy atom. The maximum atomic E-state index is 13.3. The number of hydrogen-bond donors (Lipinski definition) is 1. The molecule has 0 aliphatic carbocycles. The standard InChI is InChI=1S/C33H27ClN2O5/c1-21-6-8-23(9-7-21)19-40-27-13-11-26(12-14-27)36-32(38)28(31(37)35-33(36)39)17-24-10-15-30(29(34)18-24)41-20-25-5-3-4-22(2)16-25/h3-18H,19-20H2,1-2H3,(H,35,37,39)/b28-17+. The molecule has 206 valence electrons. The fourth-order valence-corrected chi connectivity index (χ4v) is 4.53. The van der Waals surface area contributed by atoms with Crippen LogP contribution in [0.25, 0.3) is 6.08 Å². The van der Waals surface area contributed by atoms with Crippen LogP contribution in [0.4, 0.5) is 10.5 Å². The van der Waals surface area contributed by atoms with Gasteiger partial charge >= 0.3 is 6.03 Å². The molecule has 0 unspecified atom stereocenters. The lowest BCUT2D eigenvalue weighted by Gasteiger charge is -2.26. The first-order chi connectivity index (χ1) is 19.8. The zero-order chi connectivity index (χ0) is 28.9. The Balaban J connectivity index is 1.29. The van der Waals surface area contributed by atoms with Crippen molar-refractivity contribution in [1.29, 1.82) is 0 Å². The number of nitrogens with one attached hydrogen (secondary N) is 1. The van der Waals surface area contributed by atoms with E-state index in [9.17, 15) is 14.4 Å². The van der Waals surface area contributed by atoms with Gasteiger partial charge in [0.2, 0.25) is 0 Å². The van der Waals surface area contributed by atoms with Crippen molar-refractivity contribution in [1.82, 2.24) is 5.32 Å². The van der Waals surface area contributed by atoms with Gasteiger partial charge in [0.15, 0.2) is 0 Å². The van der Waals surface area contributed by atoms with Crippen molar-refractivity contribution in [3.63, 3.8) is 0 Å². The van der Waals surface area contributed by atoms with E-state index in [1.807, 2.05) is 62.4 Å². The Morgan fingerprint density at radius 1 is 0.780 bits per heavy atom. The SMILES string of the molecule is Cc1ccc(COc2ccc(N3C(=O)NC(=O)/C(=C\c4ccc(OCc5cccc(C)c5)c(Cl)c4)C3=O)cc2)cc1. The van der Waals surface area contributed by atoms with E-state index in [-0.39, 0.29) is 5.57 Å². The molecule has 0 atom stereocenters. The number of urea groups is 1. The summed E-state index contributed by atoms with van der Waals surface area (Å²) in [5.74, 6) is -0.491. The normalized spacial score (nSPS) is 14.3. The molecule has 5 rings (SSSR count). The number of amides is 4. The summed E-state index contributed by atoms with van der Waals surface area (Å²) in [6.45, 7) is 4.75. The molecule has 1 saturated heterocycles. The van der Waals surface area contributed by atoms with Gasteiger partial charge in [-0.25, -0.2) is 9.69 Å². The van der Waals surface area contributed by atoms with Gasteiger partial charge in [-0.15, -0.1) is 0 Å². The molecule has 4 amide bonds. The van der Waals surface area contributed by atoms with Gasteiger partial charge in [0.1, 0.15) is 30.3 Å². The van der Waals surface area contributed by atoms with Gasteiger partial charge in [-0.05, 0) is 73.0 Å². The highest BCUT2D eigenvalue weighted by atomic mass is 35.5. The van der Waals surface area contributed by atoms with Crippen LogP contribution in [0.15, 0.2) is 96.6 Å². The Kier molecular flexibility index (Phi) is 8.17. The molecule has 1 aliphatic rings. The van der Waals surface area contributed by atoms with Gasteiger partial charge in [0, 0.05) is 0 Å². The first-order valence-electron chi connectivity index (χ1n) is 12.9. The number of imide groups is 2. The summed E-state index contributed by atoms with van der Waals surface area (Å²) < 4.78 is 11.7. The van der Waals surface area contributed by atoms with E-state index >= 15 is 0 Å². The minimum absolute atomic E-state index is 0.200. The average molecular weight is 567 g/mol. The van der Waals surface area contributed by atoms with Crippen LogP contribution in [0, 0.1) is 13.8 Å². The van der Waals surface area contributed by atoms with Crippen LogP contribution >= 0.6 is 11.6 Å². The second-order valence-electron chi connectivity index (χ2n) is 9.69. The molecule has 0 bridgehead atoms. The molecule has 0 aromatic heterocycles. The smallest absolute Gasteiger partial charge is 0.335 e. The predicted molar refractivity (Wildman–Crippen MR) is 158 cm³/mol. The van der Waals surface area contributed by atoms with Gasteiger partial charge < -0.3 is 9.47 Å². The lowest BCUT2D eigenvalue weighted by molar-refractivity contribution is -0.122. The zero-order valence-corrected chi connectivity index (χ0v) is 23.3. The van der Waals surface area contributed by atoms with E-state index in [0.717, 1.165) is 27.2 Å². The van der Waals surface area contributed by atoms with Gasteiger partial charge in [-0.1, -0.05) is 77.3 Å². The number of carbonyl (C=O) groups is 3. The summed E-state index contributed by atoms with van der Waals surface area (Å²) in [7, 11) is 0. The number of ether oxygens (including phenoxy) is 2. The van der Waals surface area contributed by atoms with Crippen LogP contribution in [0.3, 0.4) is 0 Å². The number of barbiturate groups is 1. The Labute approximate surface area is 243 Å². The zero-order valence-electron chi connectivity index (χ0n) is 22.5. The van der Waals surface area contributed by atoms with E-state index in [1.165, 1.54) is 6.08 Å². The number of anilines is 1. The van der Waals surface area contributed by atoms with Crippen molar-refractivity contribution < 1.29 is 23.9 Å². The summed E-state index contributed by atoms with van der Waals surface area (Å²) >= 11 is 6.44. The first kappa shape index (κ1) is 27.7. The van der Waals surface area contributed by atoms with Crippen molar-refractivity contribution in [2.75, 3.05) is 4.90 Å². The lowest BCUT2D eigenvalue weighted by Crippen LogP contribution is -2.54. The highest BCUT2D eigenvalue weighted by Gasteiger charge is 2.36. The first-order valence-corrected chi connectivity index (χ1v) is 13.3. The Morgan fingerprint density at radius 3 is 2.22 bits per heavy atom. The van der Waals surface area contributed by atoms with E-state index in [1.54, 1.807) is 42.5 Å². The molecule has 1 heterocycles. The number of benzene rings is 4. The van der Waals surface area contributed by atoms with Crippen molar-refractivity contribution in [3.8, 4) is 11.5 Å². The van der Waals surface area contributed by atoms with Gasteiger partial charge in [0.25, 0.3) is 11.8 Å². The average Bonchev–Trinajstić information content (AvgIpc) is 2.95. The largest absolute Gasteiger partial charge is 0.489 e. The molecule has 0 spiro atoms. The molecule has 7 nitrogen and oxygen atoms in total. The van der Waals surface area contributed by atoms with Crippen molar-refractivity contribution in [2.24, 2.45) is 0 Å². The second-order valence-corrected chi connectivity index (χ2v) is 10.1. The molecule has 0 saturated carbocycles. The molecule has 1 N–H and O–H groups in total. The number of nitrogens with zero attached hydrogens (tertiary/aromatic N) is 1. The van der Waals surface area contributed by atoms with Gasteiger partial charge in [0.05, 0.1) is 10.7 Å².